The van der Waals surface area contributed by atoms with E-state index in [0.29, 0.717) is 17.7 Å². The van der Waals surface area contributed by atoms with Crippen LogP contribution in [0.15, 0.2) is 10.6 Å². The van der Waals surface area contributed by atoms with Crippen LogP contribution in [0.25, 0.3) is 0 Å². The Morgan fingerprint density at radius 2 is 2.44 bits per heavy atom. The molecule has 1 aliphatic rings. The molecule has 1 aromatic rings. The Morgan fingerprint density at radius 1 is 1.69 bits per heavy atom. The molecule has 0 unspecified atom stereocenters. The number of rotatable bonds is 3. The Morgan fingerprint density at radius 3 is 2.94 bits per heavy atom. The first-order valence-corrected chi connectivity index (χ1v) is 5.37. The molecule has 5 heteroatoms. The quantitative estimate of drug-likeness (QED) is 0.844. The van der Waals surface area contributed by atoms with E-state index in [9.17, 15) is 4.79 Å². The summed E-state index contributed by atoms with van der Waals surface area (Å²) in [5.41, 5.74) is 0.323. The second kappa shape index (κ2) is 3.90. The minimum Gasteiger partial charge on any atom is -0.476 e. The van der Waals surface area contributed by atoms with Gasteiger partial charge in [0.15, 0.2) is 11.5 Å². The summed E-state index contributed by atoms with van der Waals surface area (Å²) < 4.78 is 4.98. The van der Waals surface area contributed by atoms with Crippen molar-refractivity contribution in [2.24, 2.45) is 5.41 Å². The third-order valence-corrected chi connectivity index (χ3v) is 2.91. The molecule has 2 heterocycles. The van der Waals surface area contributed by atoms with Crippen molar-refractivity contribution in [1.82, 2.24) is 10.1 Å². The zero-order valence-electron chi connectivity index (χ0n) is 9.56. The third kappa shape index (κ3) is 2.41. The smallest absolute Gasteiger partial charge is 0.358 e. The number of hydrogen-bond acceptors (Lipinski definition) is 4. The molecule has 0 saturated carbocycles. The van der Waals surface area contributed by atoms with Crippen molar-refractivity contribution in [2.75, 3.05) is 13.1 Å². The molecule has 0 amide bonds. The second-order valence-corrected chi connectivity index (χ2v) is 5.11. The Hall–Kier alpha value is -1.36. The van der Waals surface area contributed by atoms with Gasteiger partial charge >= 0.3 is 5.97 Å². The Bertz CT molecular complexity index is 398. The van der Waals surface area contributed by atoms with Crippen molar-refractivity contribution < 1.29 is 14.4 Å². The maximum atomic E-state index is 10.6. The molecule has 0 spiro atoms. The van der Waals surface area contributed by atoms with Gasteiger partial charge in [-0.05, 0) is 18.4 Å². The fraction of sp³-hybridized carbons (Fsp3) is 0.636. The van der Waals surface area contributed by atoms with Gasteiger partial charge in [-0.25, -0.2) is 4.79 Å². The fourth-order valence-corrected chi connectivity index (χ4v) is 2.07. The predicted molar refractivity (Wildman–Crippen MR) is 57.1 cm³/mol. The van der Waals surface area contributed by atoms with Crippen LogP contribution in [0, 0.1) is 5.41 Å². The summed E-state index contributed by atoms with van der Waals surface area (Å²) in [5.74, 6) is -0.424. The van der Waals surface area contributed by atoms with Crippen LogP contribution in [0.1, 0.15) is 36.5 Å². The zero-order chi connectivity index (χ0) is 11.8. The SMILES string of the molecule is CC1(C)CCN(Cc2cc(C(=O)O)no2)C1. The summed E-state index contributed by atoms with van der Waals surface area (Å²) in [6.45, 7) is 7.14. The minimum absolute atomic E-state index is 0.0199. The van der Waals surface area contributed by atoms with Crippen molar-refractivity contribution in [2.45, 2.75) is 26.8 Å². The van der Waals surface area contributed by atoms with Crippen LogP contribution >= 0.6 is 0 Å². The van der Waals surface area contributed by atoms with Crippen LogP contribution in [0.5, 0.6) is 0 Å². The molecule has 0 aliphatic carbocycles. The number of likely N-dealkylation sites (tertiary alicyclic amines) is 1. The molecule has 2 rings (SSSR count). The van der Waals surface area contributed by atoms with E-state index in [1.165, 1.54) is 6.07 Å². The van der Waals surface area contributed by atoms with Crippen molar-refractivity contribution >= 4 is 5.97 Å². The molecule has 0 bridgehead atoms. The Labute approximate surface area is 94.0 Å². The fourth-order valence-electron chi connectivity index (χ4n) is 2.07. The first-order chi connectivity index (χ1) is 7.46. The number of hydrogen-bond donors (Lipinski definition) is 1. The summed E-state index contributed by atoms with van der Waals surface area (Å²) in [5, 5.41) is 12.2. The second-order valence-electron chi connectivity index (χ2n) is 5.11. The minimum atomic E-state index is -1.04. The van der Waals surface area contributed by atoms with Gasteiger partial charge in [-0.3, -0.25) is 4.90 Å². The summed E-state index contributed by atoms with van der Waals surface area (Å²) in [7, 11) is 0. The van der Waals surface area contributed by atoms with Crippen molar-refractivity contribution in [3.8, 4) is 0 Å². The molecular weight excluding hydrogens is 208 g/mol. The number of aromatic nitrogens is 1. The van der Waals surface area contributed by atoms with Gasteiger partial charge in [-0.1, -0.05) is 19.0 Å². The molecule has 1 aromatic heterocycles. The molecule has 5 nitrogen and oxygen atoms in total. The molecule has 1 saturated heterocycles. The van der Waals surface area contributed by atoms with Crippen LogP contribution < -0.4 is 0 Å². The lowest BCUT2D eigenvalue weighted by Gasteiger charge is -2.18. The summed E-state index contributed by atoms with van der Waals surface area (Å²) in [6.07, 6.45) is 1.16. The molecule has 1 N–H and O–H groups in total. The molecule has 0 atom stereocenters. The van der Waals surface area contributed by atoms with Crippen LogP contribution in [0.3, 0.4) is 0 Å². The number of carbonyl (C=O) groups is 1. The lowest BCUT2D eigenvalue weighted by Crippen LogP contribution is -2.22. The Balaban J connectivity index is 1.97. The highest BCUT2D eigenvalue weighted by Crippen LogP contribution is 2.29. The summed E-state index contributed by atoms with van der Waals surface area (Å²) in [4.78, 5) is 12.9. The van der Waals surface area contributed by atoms with Gasteiger partial charge in [0.2, 0.25) is 0 Å². The standard InChI is InChI=1S/C11H16N2O3/c1-11(2)3-4-13(7-11)6-8-5-9(10(14)15)12-16-8/h5H,3-4,6-7H2,1-2H3,(H,14,15). The molecule has 0 radical (unpaired) electrons. The number of carboxylic acid groups (broad SMARTS) is 1. The third-order valence-electron chi connectivity index (χ3n) is 2.91. The topological polar surface area (TPSA) is 66.6 Å². The maximum Gasteiger partial charge on any atom is 0.358 e. The normalized spacial score (nSPS) is 20.1. The van der Waals surface area contributed by atoms with E-state index < -0.39 is 5.97 Å². The van der Waals surface area contributed by atoms with Crippen molar-refractivity contribution in [3.63, 3.8) is 0 Å². The van der Waals surface area contributed by atoms with Gasteiger partial charge < -0.3 is 9.63 Å². The first-order valence-electron chi connectivity index (χ1n) is 5.37. The lowest BCUT2D eigenvalue weighted by atomic mass is 9.93. The summed E-state index contributed by atoms with van der Waals surface area (Å²) in [6, 6.07) is 1.49. The highest BCUT2D eigenvalue weighted by atomic mass is 16.5. The molecule has 16 heavy (non-hydrogen) atoms. The zero-order valence-corrected chi connectivity index (χ0v) is 9.56. The monoisotopic (exact) mass is 224 g/mol. The average Bonchev–Trinajstić information content (AvgIpc) is 2.73. The molecule has 1 aliphatic heterocycles. The largest absolute Gasteiger partial charge is 0.476 e. The van der Waals surface area contributed by atoms with Crippen LogP contribution in [-0.2, 0) is 6.54 Å². The number of aromatic carboxylic acids is 1. The molecule has 1 fully saturated rings. The van der Waals surface area contributed by atoms with Crippen LogP contribution in [-0.4, -0.2) is 34.2 Å². The van der Waals surface area contributed by atoms with Gasteiger partial charge in [0, 0.05) is 12.6 Å². The molecule has 88 valence electrons. The van der Waals surface area contributed by atoms with Crippen LogP contribution in [0.4, 0.5) is 0 Å². The van der Waals surface area contributed by atoms with Gasteiger partial charge in [0.05, 0.1) is 6.54 Å². The van der Waals surface area contributed by atoms with E-state index in [2.05, 4.69) is 23.9 Å². The van der Waals surface area contributed by atoms with Crippen LogP contribution in [0.2, 0.25) is 0 Å². The maximum absolute atomic E-state index is 10.6. The lowest BCUT2D eigenvalue weighted by molar-refractivity contribution is 0.0685. The highest BCUT2D eigenvalue weighted by molar-refractivity contribution is 5.85. The first kappa shape index (κ1) is 11.1. The Kier molecular flexibility index (Phi) is 2.71. The van der Waals surface area contributed by atoms with E-state index in [1.807, 2.05) is 0 Å². The van der Waals surface area contributed by atoms with Gasteiger partial charge in [-0.2, -0.15) is 0 Å². The van der Waals surface area contributed by atoms with E-state index in [0.717, 1.165) is 19.5 Å². The molecule has 0 aromatic carbocycles. The van der Waals surface area contributed by atoms with Crippen molar-refractivity contribution in [1.29, 1.82) is 0 Å². The highest BCUT2D eigenvalue weighted by Gasteiger charge is 2.29. The van der Waals surface area contributed by atoms with Gasteiger partial charge in [-0.15, -0.1) is 0 Å². The van der Waals surface area contributed by atoms with Crippen molar-refractivity contribution in [3.05, 3.63) is 17.5 Å². The van der Waals surface area contributed by atoms with E-state index in [4.69, 9.17) is 9.63 Å². The number of carboxylic acids is 1. The van der Waals surface area contributed by atoms with Gasteiger partial charge in [0.1, 0.15) is 0 Å². The van der Waals surface area contributed by atoms with E-state index >= 15 is 0 Å². The molecular formula is C11H16N2O3. The average molecular weight is 224 g/mol. The van der Waals surface area contributed by atoms with E-state index in [1.54, 1.807) is 0 Å². The predicted octanol–water partition coefficient (Wildman–Crippen LogP) is 1.60. The number of nitrogens with zero attached hydrogens (tertiary/aromatic N) is 2. The van der Waals surface area contributed by atoms with Gasteiger partial charge in [0.25, 0.3) is 0 Å². The van der Waals surface area contributed by atoms with E-state index in [-0.39, 0.29) is 5.69 Å². The summed E-state index contributed by atoms with van der Waals surface area (Å²) >= 11 is 0.